The first-order valence-corrected chi connectivity index (χ1v) is 7.60. The molecule has 0 spiro atoms. The Hall–Kier alpha value is -2.49. The van der Waals surface area contributed by atoms with Gasteiger partial charge in [-0.2, -0.15) is 0 Å². The second kappa shape index (κ2) is 6.10. The lowest BCUT2D eigenvalue weighted by atomic mass is 10.2. The normalized spacial score (nSPS) is 17.6. The van der Waals surface area contributed by atoms with E-state index < -0.39 is 0 Å². The molecule has 1 fully saturated rings. The molecule has 1 saturated heterocycles. The summed E-state index contributed by atoms with van der Waals surface area (Å²) in [6, 6.07) is 18.3. The van der Waals surface area contributed by atoms with E-state index in [1.165, 1.54) is 5.56 Å². The lowest BCUT2D eigenvalue weighted by molar-refractivity contribution is -0.129. The average Bonchev–Trinajstić information content (AvgIpc) is 2.94. The van der Waals surface area contributed by atoms with Crippen LogP contribution in [0.5, 0.6) is 0 Å². The number of hydrogen-bond donors (Lipinski definition) is 1. The van der Waals surface area contributed by atoms with Gasteiger partial charge in [-0.1, -0.05) is 35.9 Å². The van der Waals surface area contributed by atoms with E-state index in [0.29, 0.717) is 0 Å². The summed E-state index contributed by atoms with van der Waals surface area (Å²) in [6.07, 6.45) is 0.878. The Bertz CT molecular complexity index is 639. The number of amides is 1. The smallest absolute Gasteiger partial charge is 0.239 e. The van der Waals surface area contributed by atoms with Crippen LogP contribution in [-0.2, 0) is 4.79 Å². The van der Waals surface area contributed by atoms with Gasteiger partial charge in [0.15, 0.2) is 0 Å². The molecule has 4 heteroatoms. The maximum absolute atomic E-state index is 12.1. The van der Waals surface area contributed by atoms with Crippen LogP contribution in [0.4, 0.5) is 11.4 Å². The van der Waals surface area contributed by atoms with Crippen molar-refractivity contribution in [3.8, 4) is 0 Å². The second-order valence-electron chi connectivity index (χ2n) is 5.64. The topological polar surface area (TPSA) is 35.6 Å². The molecule has 1 aliphatic rings. The van der Waals surface area contributed by atoms with Crippen LogP contribution in [0, 0.1) is 6.92 Å². The minimum atomic E-state index is -0.0135. The molecule has 3 rings (SSSR count). The highest BCUT2D eigenvalue weighted by molar-refractivity contribution is 5.77. The van der Waals surface area contributed by atoms with Gasteiger partial charge in [0, 0.05) is 25.6 Å². The molecule has 2 aromatic rings. The standard InChI is InChI=1S/C18H21N3O/c1-14-8-10-16(11-9-14)19-18-12-13-20(21(18)15(2)22)17-6-4-3-5-7-17/h3-11,18-19H,12-13H2,1-2H3. The Balaban J connectivity index is 1.80. The third-order valence-corrected chi connectivity index (χ3v) is 3.93. The van der Waals surface area contributed by atoms with Gasteiger partial charge in [0.1, 0.15) is 6.17 Å². The summed E-state index contributed by atoms with van der Waals surface area (Å²) in [5.74, 6) is 0.0472. The van der Waals surface area contributed by atoms with E-state index in [4.69, 9.17) is 0 Å². The molecule has 1 heterocycles. The van der Waals surface area contributed by atoms with Crippen molar-refractivity contribution in [3.05, 3.63) is 60.2 Å². The number of nitrogens with zero attached hydrogens (tertiary/aromatic N) is 2. The number of nitrogens with one attached hydrogen (secondary N) is 1. The molecule has 0 aromatic heterocycles. The molecule has 1 atom stereocenters. The Kier molecular flexibility index (Phi) is 4.00. The molecule has 4 nitrogen and oxygen atoms in total. The van der Waals surface area contributed by atoms with Crippen LogP contribution in [0.2, 0.25) is 0 Å². The van der Waals surface area contributed by atoms with Crippen molar-refractivity contribution >= 4 is 17.3 Å². The van der Waals surface area contributed by atoms with Gasteiger partial charge in [-0.05, 0) is 31.2 Å². The fourth-order valence-electron chi connectivity index (χ4n) is 2.86. The molecule has 1 N–H and O–H groups in total. The summed E-state index contributed by atoms with van der Waals surface area (Å²) in [4.78, 5) is 12.1. The van der Waals surface area contributed by atoms with E-state index >= 15 is 0 Å². The van der Waals surface area contributed by atoms with Gasteiger partial charge in [-0.15, -0.1) is 0 Å². The SMILES string of the molecule is CC(=O)N1C(Nc2ccc(C)cc2)CCN1c1ccccc1. The third kappa shape index (κ3) is 2.91. The van der Waals surface area contributed by atoms with Crippen molar-refractivity contribution in [2.45, 2.75) is 26.4 Å². The van der Waals surface area contributed by atoms with Gasteiger partial charge < -0.3 is 5.32 Å². The molecule has 22 heavy (non-hydrogen) atoms. The first-order valence-electron chi connectivity index (χ1n) is 7.60. The number of carbonyl (C=O) groups excluding carboxylic acids is 1. The first-order chi connectivity index (χ1) is 10.6. The summed E-state index contributed by atoms with van der Waals surface area (Å²) >= 11 is 0. The fraction of sp³-hybridized carbons (Fsp3) is 0.278. The van der Waals surface area contributed by atoms with Crippen LogP contribution in [0.3, 0.4) is 0 Å². The molecular formula is C18H21N3O. The Morgan fingerprint density at radius 3 is 2.41 bits per heavy atom. The van der Waals surface area contributed by atoms with E-state index in [1.54, 1.807) is 6.92 Å². The number of hydrogen-bond acceptors (Lipinski definition) is 3. The number of aryl methyl sites for hydroxylation is 1. The van der Waals surface area contributed by atoms with Crippen LogP contribution in [-0.4, -0.2) is 23.6 Å². The number of carbonyl (C=O) groups is 1. The number of benzene rings is 2. The molecule has 0 saturated carbocycles. The maximum Gasteiger partial charge on any atom is 0.239 e. The summed E-state index contributed by atoms with van der Waals surface area (Å²) in [7, 11) is 0. The average molecular weight is 295 g/mol. The van der Waals surface area contributed by atoms with Crippen molar-refractivity contribution < 1.29 is 4.79 Å². The molecule has 1 aliphatic heterocycles. The molecular weight excluding hydrogens is 274 g/mol. The highest BCUT2D eigenvalue weighted by Gasteiger charge is 2.33. The fourth-order valence-corrected chi connectivity index (χ4v) is 2.86. The highest BCUT2D eigenvalue weighted by Crippen LogP contribution is 2.26. The van der Waals surface area contributed by atoms with Gasteiger partial charge in [-0.25, -0.2) is 5.01 Å². The molecule has 2 aromatic carbocycles. The minimum Gasteiger partial charge on any atom is -0.364 e. The Morgan fingerprint density at radius 2 is 1.77 bits per heavy atom. The van der Waals surface area contributed by atoms with E-state index in [2.05, 4.69) is 36.5 Å². The first kappa shape index (κ1) is 14.4. The second-order valence-corrected chi connectivity index (χ2v) is 5.64. The zero-order chi connectivity index (χ0) is 15.5. The van der Waals surface area contributed by atoms with Crippen molar-refractivity contribution in [1.82, 2.24) is 5.01 Å². The zero-order valence-electron chi connectivity index (χ0n) is 13.0. The third-order valence-electron chi connectivity index (χ3n) is 3.93. The van der Waals surface area contributed by atoms with Crippen LogP contribution in [0.1, 0.15) is 18.9 Å². The van der Waals surface area contributed by atoms with Gasteiger partial charge in [0.2, 0.25) is 5.91 Å². The molecule has 1 amide bonds. The van der Waals surface area contributed by atoms with Crippen molar-refractivity contribution in [2.24, 2.45) is 0 Å². The van der Waals surface area contributed by atoms with Crippen molar-refractivity contribution in [1.29, 1.82) is 0 Å². The summed E-state index contributed by atoms with van der Waals surface area (Å²) in [6.45, 7) is 4.51. The largest absolute Gasteiger partial charge is 0.364 e. The van der Waals surface area contributed by atoms with Crippen LogP contribution >= 0.6 is 0 Å². The number of para-hydroxylation sites is 1. The number of anilines is 2. The quantitative estimate of drug-likeness (QED) is 0.942. The van der Waals surface area contributed by atoms with Gasteiger partial charge in [0.25, 0.3) is 0 Å². The zero-order valence-corrected chi connectivity index (χ0v) is 13.0. The van der Waals surface area contributed by atoms with E-state index in [9.17, 15) is 4.79 Å². The molecule has 0 bridgehead atoms. The van der Waals surface area contributed by atoms with Crippen molar-refractivity contribution in [2.75, 3.05) is 16.9 Å². The Labute approximate surface area is 131 Å². The van der Waals surface area contributed by atoms with Gasteiger partial charge in [-0.3, -0.25) is 9.80 Å². The molecule has 0 radical (unpaired) electrons. The predicted molar refractivity (Wildman–Crippen MR) is 89.5 cm³/mol. The van der Waals surface area contributed by atoms with Gasteiger partial charge in [0.05, 0.1) is 5.69 Å². The lowest BCUT2D eigenvalue weighted by Gasteiger charge is -2.33. The molecule has 1 unspecified atom stereocenters. The van der Waals surface area contributed by atoms with Crippen LogP contribution in [0.25, 0.3) is 0 Å². The molecule has 0 aliphatic carbocycles. The minimum absolute atomic E-state index is 0.0135. The summed E-state index contributed by atoms with van der Waals surface area (Å²) in [5, 5.41) is 7.33. The molecule has 114 valence electrons. The summed E-state index contributed by atoms with van der Waals surface area (Å²) < 4.78 is 0. The van der Waals surface area contributed by atoms with Crippen molar-refractivity contribution in [3.63, 3.8) is 0 Å². The van der Waals surface area contributed by atoms with Crippen LogP contribution < -0.4 is 10.3 Å². The monoisotopic (exact) mass is 295 g/mol. The predicted octanol–water partition coefficient (Wildman–Crippen LogP) is 3.41. The van der Waals surface area contributed by atoms with E-state index in [1.807, 2.05) is 40.3 Å². The van der Waals surface area contributed by atoms with Gasteiger partial charge >= 0.3 is 0 Å². The van der Waals surface area contributed by atoms with Crippen LogP contribution in [0.15, 0.2) is 54.6 Å². The number of hydrazine groups is 1. The number of rotatable bonds is 3. The lowest BCUT2D eigenvalue weighted by Crippen LogP contribution is -2.47. The van der Waals surface area contributed by atoms with E-state index in [-0.39, 0.29) is 12.1 Å². The van der Waals surface area contributed by atoms with E-state index in [0.717, 1.165) is 24.3 Å². The maximum atomic E-state index is 12.1. The highest BCUT2D eigenvalue weighted by atomic mass is 16.2. The Morgan fingerprint density at radius 1 is 1.09 bits per heavy atom. The summed E-state index contributed by atoms with van der Waals surface area (Å²) in [5.41, 5.74) is 3.31.